The van der Waals surface area contributed by atoms with Crippen molar-refractivity contribution in [1.82, 2.24) is 0 Å². The zero-order valence-corrected chi connectivity index (χ0v) is 49.7. The molecular formula is C52H70O35. The van der Waals surface area contributed by atoms with Crippen molar-refractivity contribution in [3.05, 3.63) is 0 Å². The summed E-state index contributed by atoms with van der Waals surface area (Å²) in [5, 5.41) is 0. The second kappa shape index (κ2) is 32.9. The van der Waals surface area contributed by atoms with Crippen LogP contribution in [0.3, 0.4) is 0 Å². The van der Waals surface area contributed by atoms with Gasteiger partial charge in [-0.1, -0.05) is 0 Å². The van der Waals surface area contributed by atoms with Crippen LogP contribution in [0.1, 0.15) is 96.9 Å². The van der Waals surface area contributed by atoms with Gasteiger partial charge in [-0.25, -0.2) is 0 Å². The molecule has 35 nitrogen and oxygen atoms in total. The van der Waals surface area contributed by atoms with E-state index in [0.29, 0.717) is 0 Å². The summed E-state index contributed by atoms with van der Waals surface area (Å²) < 4.78 is 121. The maximum absolute atomic E-state index is 13.3. The van der Waals surface area contributed by atoms with E-state index in [1.54, 1.807) is 0 Å². The molecule has 4 saturated heterocycles. The number of esters is 14. The van der Waals surface area contributed by atoms with Crippen LogP contribution in [0.2, 0.25) is 0 Å². The van der Waals surface area contributed by atoms with E-state index in [1.165, 1.54) is 0 Å². The lowest BCUT2D eigenvalue weighted by Gasteiger charge is -2.50. The van der Waals surface area contributed by atoms with Crippen LogP contribution in [-0.4, -0.2) is 233 Å². The molecule has 488 valence electrons. The van der Waals surface area contributed by atoms with Gasteiger partial charge in [-0.15, -0.1) is 0 Å². The average molecular weight is 1260 g/mol. The minimum absolute atomic E-state index is 0.703. The highest BCUT2D eigenvalue weighted by Crippen LogP contribution is 2.39. The molecule has 0 radical (unpaired) electrons. The number of rotatable bonds is 24. The molecular weight excluding hydrogens is 1180 g/mol. The van der Waals surface area contributed by atoms with Crippen molar-refractivity contribution in [3.8, 4) is 0 Å². The Balaban J connectivity index is 1.97. The lowest BCUT2D eigenvalue weighted by molar-refractivity contribution is -0.381. The second-order valence-corrected chi connectivity index (χ2v) is 19.5. The third-order valence-electron chi connectivity index (χ3n) is 12.0. The Morgan fingerprint density at radius 2 is 0.425 bits per heavy atom. The summed E-state index contributed by atoms with van der Waals surface area (Å²) in [6.45, 7) is 9.78. The predicted octanol–water partition coefficient (Wildman–Crippen LogP) is -1.76. The Labute approximate surface area is 495 Å². The van der Waals surface area contributed by atoms with Gasteiger partial charge in [-0.3, -0.25) is 67.1 Å². The SMILES string of the molecule is CC(=O)OCC1OC(OCC2OC(OC3C(COC(C)=O)OC(OC4C(COC(C)=O)OC(OC(C)=O)C(OC(C)=O)C4OC(C)=O)C(OC(C)=O)C3OC(C)=O)C(OC(C)=O)C(OC(C)=O)C2OC(C)=O)C(OC(C)=O)C(OC(C)=O)C1OC(C)=O. The van der Waals surface area contributed by atoms with E-state index in [4.69, 9.17) is 99.5 Å². The van der Waals surface area contributed by atoms with Gasteiger partial charge in [0.2, 0.25) is 12.4 Å². The maximum atomic E-state index is 13.3. The van der Waals surface area contributed by atoms with Crippen molar-refractivity contribution in [2.75, 3.05) is 26.4 Å². The van der Waals surface area contributed by atoms with E-state index in [2.05, 4.69) is 0 Å². The molecule has 87 heavy (non-hydrogen) atoms. The smallest absolute Gasteiger partial charge is 0.305 e. The van der Waals surface area contributed by atoms with Crippen LogP contribution in [0.4, 0.5) is 0 Å². The largest absolute Gasteiger partial charge is 0.463 e. The molecule has 0 aromatic carbocycles. The molecule has 0 aromatic rings. The molecule has 0 N–H and O–H groups in total. The normalized spacial score (nSPS) is 31.9. The number of hydrogen-bond acceptors (Lipinski definition) is 35. The van der Waals surface area contributed by atoms with Crippen LogP contribution in [0.15, 0.2) is 0 Å². The van der Waals surface area contributed by atoms with E-state index in [9.17, 15) is 67.1 Å². The first-order chi connectivity index (χ1) is 40.6. The van der Waals surface area contributed by atoms with Crippen LogP contribution in [0.5, 0.6) is 0 Å². The minimum atomic E-state index is -2.23. The number of hydrogen-bond donors (Lipinski definition) is 0. The van der Waals surface area contributed by atoms with Crippen molar-refractivity contribution in [1.29, 1.82) is 0 Å². The summed E-state index contributed by atoms with van der Waals surface area (Å²) in [5.41, 5.74) is 0. The van der Waals surface area contributed by atoms with Gasteiger partial charge in [0.15, 0.2) is 73.8 Å². The Morgan fingerprint density at radius 3 is 0.713 bits per heavy atom. The van der Waals surface area contributed by atoms with E-state index < -0.39 is 233 Å². The summed E-state index contributed by atoms with van der Waals surface area (Å²) in [6.07, 6.45) is -38.5. The minimum Gasteiger partial charge on any atom is -0.463 e. The molecule has 20 unspecified atom stereocenters. The highest BCUT2D eigenvalue weighted by atomic mass is 16.8. The fourth-order valence-electron chi connectivity index (χ4n) is 9.33. The zero-order chi connectivity index (χ0) is 65.3. The highest BCUT2D eigenvalue weighted by Gasteiger charge is 2.61. The number of carbonyl (C=O) groups is 14. The lowest BCUT2D eigenvalue weighted by Crippen LogP contribution is -2.69. The average Bonchev–Trinajstić information content (AvgIpc) is 0.852. The van der Waals surface area contributed by atoms with E-state index in [-0.39, 0.29) is 0 Å². The lowest BCUT2D eigenvalue weighted by atomic mass is 9.95. The van der Waals surface area contributed by atoms with Gasteiger partial charge in [0.25, 0.3) is 0 Å². The Hall–Kier alpha value is -7.70. The third-order valence-corrected chi connectivity index (χ3v) is 12.0. The zero-order valence-electron chi connectivity index (χ0n) is 49.7. The van der Waals surface area contributed by atoms with Crippen molar-refractivity contribution < 1.29 is 167 Å². The third kappa shape index (κ3) is 21.9. The first-order valence-electron chi connectivity index (χ1n) is 26.5. The van der Waals surface area contributed by atoms with Crippen LogP contribution < -0.4 is 0 Å². The molecule has 4 fully saturated rings. The monoisotopic (exact) mass is 1250 g/mol. The van der Waals surface area contributed by atoms with Crippen LogP contribution in [0.25, 0.3) is 0 Å². The van der Waals surface area contributed by atoms with Crippen LogP contribution >= 0.6 is 0 Å². The molecule has 0 amide bonds. The van der Waals surface area contributed by atoms with Crippen LogP contribution in [0, 0.1) is 0 Å². The Bertz CT molecular complexity index is 2530. The van der Waals surface area contributed by atoms with Gasteiger partial charge in [-0.05, 0) is 0 Å². The first kappa shape index (κ1) is 71.8. The summed E-state index contributed by atoms with van der Waals surface area (Å²) in [5.74, 6) is -14.5. The molecule has 4 rings (SSSR count). The predicted molar refractivity (Wildman–Crippen MR) is 268 cm³/mol. The summed E-state index contributed by atoms with van der Waals surface area (Å²) in [6, 6.07) is 0. The molecule has 0 aliphatic carbocycles. The molecule has 4 aliphatic heterocycles. The van der Waals surface area contributed by atoms with Crippen molar-refractivity contribution in [3.63, 3.8) is 0 Å². The van der Waals surface area contributed by atoms with E-state index in [1.807, 2.05) is 0 Å². The molecule has 0 spiro atoms. The summed E-state index contributed by atoms with van der Waals surface area (Å²) in [4.78, 5) is 178. The Morgan fingerprint density at radius 1 is 0.218 bits per heavy atom. The van der Waals surface area contributed by atoms with E-state index in [0.717, 1.165) is 96.9 Å². The molecule has 0 saturated carbocycles. The topological polar surface area (TPSA) is 433 Å². The van der Waals surface area contributed by atoms with Gasteiger partial charge in [0.05, 0.1) is 6.61 Å². The summed E-state index contributed by atoms with van der Waals surface area (Å²) in [7, 11) is 0. The molecule has 35 heteroatoms. The molecule has 0 aromatic heterocycles. The standard InChI is InChI=1S/C52H70O35/c1-19(53)67-15-33-37(71-22(4)56)41(73-24(6)58)45(77-28(10)62)49(82-33)70-18-36-38(72-23(5)57)42(74-25(7)59)47(79-30(12)64)51(85-36)87-40-35(17-69-21(3)55)84-52(48(80-31(13)65)44(40)76-27(9)61)86-39-34(16-68-20(2)54)83-50(81-32(14)66)46(78-29(11)63)43(39)75-26(8)60/h33-52H,15-18H2,1-14H3. The van der Waals surface area contributed by atoms with Gasteiger partial charge in [0.1, 0.15) is 56.4 Å². The van der Waals surface area contributed by atoms with Gasteiger partial charge >= 0.3 is 83.6 Å². The first-order valence-corrected chi connectivity index (χ1v) is 26.5. The molecule has 4 heterocycles. The molecule has 4 aliphatic rings. The Kier molecular flexibility index (Phi) is 27.1. The molecule has 0 bridgehead atoms. The number of ether oxygens (including phenoxy) is 21. The van der Waals surface area contributed by atoms with E-state index >= 15 is 0 Å². The van der Waals surface area contributed by atoms with Crippen molar-refractivity contribution in [2.24, 2.45) is 0 Å². The summed E-state index contributed by atoms with van der Waals surface area (Å²) >= 11 is 0. The van der Waals surface area contributed by atoms with Crippen molar-refractivity contribution >= 4 is 83.6 Å². The van der Waals surface area contributed by atoms with Crippen LogP contribution in [-0.2, 0) is 167 Å². The molecule has 20 atom stereocenters. The maximum Gasteiger partial charge on any atom is 0.305 e. The number of carbonyl (C=O) groups excluding carboxylic acids is 14. The highest BCUT2D eigenvalue weighted by molar-refractivity contribution is 5.71. The van der Waals surface area contributed by atoms with Crippen molar-refractivity contribution in [2.45, 2.75) is 220 Å². The fraction of sp³-hybridized carbons (Fsp3) is 0.731. The fourth-order valence-corrected chi connectivity index (χ4v) is 9.33. The van der Waals surface area contributed by atoms with Gasteiger partial charge < -0.3 is 99.5 Å². The second-order valence-electron chi connectivity index (χ2n) is 19.5. The van der Waals surface area contributed by atoms with Gasteiger partial charge in [-0.2, -0.15) is 0 Å². The quantitative estimate of drug-likeness (QED) is 0.0763. The van der Waals surface area contributed by atoms with Gasteiger partial charge in [0, 0.05) is 96.9 Å².